The van der Waals surface area contributed by atoms with E-state index in [4.69, 9.17) is 10.5 Å². The zero-order valence-corrected chi connectivity index (χ0v) is 12.3. The van der Waals surface area contributed by atoms with Gasteiger partial charge in [0.1, 0.15) is 0 Å². The molecule has 3 unspecified atom stereocenters. The SMILES string of the molecule is CC1CN(C2(CN)CSC(C)C2)CC(C)(C)O1. The van der Waals surface area contributed by atoms with Crippen molar-refractivity contribution in [2.75, 3.05) is 25.4 Å². The maximum absolute atomic E-state index is 6.10. The number of rotatable bonds is 2. The Morgan fingerprint density at radius 3 is 2.59 bits per heavy atom. The van der Waals surface area contributed by atoms with E-state index in [1.165, 1.54) is 12.2 Å². The molecule has 2 saturated heterocycles. The summed E-state index contributed by atoms with van der Waals surface area (Å²) in [5, 5.41) is 0.736. The minimum absolute atomic E-state index is 0.0453. The van der Waals surface area contributed by atoms with Gasteiger partial charge in [0.05, 0.1) is 11.7 Å². The third-order valence-electron chi connectivity index (χ3n) is 3.92. The van der Waals surface area contributed by atoms with Gasteiger partial charge in [0.25, 0.3) is 0 Å². The normalized spacial score (nSPS) is 42.9. The Labute approximate surface area is 109 Å². The highest BCUT2D eigenvalue weighted by molar-refractivity contribution is 8.00. The first-order valence-electron chi connectivity index (χ1n) is 6.61. The molecule has 2 aliphatic heterocycles. The van der Waals surface area contributed by atoms with Crippen LogP contribution in [0.3, 0.4) is 0 Å². The zero-order chi connectivity index (χ0) is 12.7. The fourth-order valence-electron chi connectivity index (χ4n) is 3.26. The van der Waals surface area contributed by atoms with Crippen molar-refractivity contribution in [3.05, 3.63) is 0 Å². The highest BCUT2D eigenvalue weighted by Crippen LogP contribution is 2.40. The molecule has 0 saturated carbocycles. The Morgan fingerprint density at radius 1 is 1.41 bits per heavy atom. The van der Waals surface area contributed by atoms with E-state index in [-0.39, 0.29) is 11.1 Å². The lowest BCUT2D eigenvalue weighted by atomic mass is 9.90. The second-order valence-electron chi connectivity index (χ2n) is 6.32. The van der Waals surface area contributed by atoms with E-state index in [9.17, 15) is 0 Å². The minimum atomic E-state index is -0.0453. The number of hydrogen-bond donors (Lipinski definition) is 1. The molecule has 4 heteroatoms. The van der Waals surface area contributed by atoms with Crippen molar-refractivity contribution in [3.8, 4) is 0 Å². The molecule has 3 atom stereocenters. The first kappa shape index (κ1) is 13.7. The lowest BCUT2D eigenvalue weighted by molar-refractivity contribution is -0.149. The highest BCUT2D eigenvalue weighted by atomic mass is 32.2. The Hall–Kier alpha value is 0.230. The molecule has 0 aromatic heterocycles. The van der Waals surface area contributed by atoms with Crippen LogP contribution >= 0.6 is 11.8 Å². The predicted octanol–water partition coefficient (Wildman–Crippen LogP) is 1.71. The maximum atomic E-state index is 6.10. The molecule has 3 nitrogen and oxygen atoms in total. The molecule has 2 rings (SSSR count). The van der Waals surface area contributed by atoms with E-state index < -0.39 is 0 Å². The third kappa shape index (κ3) is 2.80. The van der Waals surface area contributed by atoms with Gasteiger partial charge in [-0.2, -0.15) is 11.8 Å². The lowest BCUT2D eigenvalue weighted by Crippen LogP contribution is -2.63. The molecule has 2 heterocycles. The van der Waals surface area contributed by atoms with Crippen molar-refractivity contribution < 1.29 is 4.74 Å². The zero-order valence-electron chi connectivity index (χ0n) is 11.5. The van der Waals surface area contributed by atoms with E-state index in [1.807, 2.05) is 0 Å². The van der Waals surface area contributed by atoms with Crippen molar-refractivity contribution in [3.63, 3.8) is 0 Å². The van der Waals surface area contributed by atoms with Crippen LogP contribution in [0.1, 0.15) is 34.1 Å². The van der Waals surface area contributed by atoms with Crippen molar-refractivity contribution in [1.82, 2.24) is 4.90 Å². The molecule has 0 aliphatic carbocycles. The summed E-state index contributed by atoms with van der Waals surface area (Å²) >= 11 is 2.06. The van der Waals surface area contributed by atoms with Gasteiger partial charge in [0, 0.05) is 36.2 Å². The largest absolute Gasteiger partial charge is 0.370 e. The van der Waals surface area contributed by atoms with Crippen LogP contribution in [0, 0.1) is 0 Å². The number of nitrogens with zero attached hydrogens (tertiary/aromatic N) is 1. The molecular weight excluding hydrogens is 232 g/mol. The van der Waals surface area contributed by atoms with Crippen LogP contribution in [-0.2, 0) is 4.74 Å². The van der Waals surface area contributed by atoms with Gasteiger partial charge in [0.2, 0.25) is 0 Å². The second kappa shape index (κ2) is 4.72. The molecule has 0 bridgehead atoms. The Morgan fingerprint density at radius 2 is 2.12 bits per heavy atom. The van der Waals surface area contributed by atoms with Crippen LogP contribution in [0.5, 0.6) is 0 Å². The average Bonchev–Trinajstić information content (AvgIpc) is 2.58. The molecule has 2 fully saturated rings. The number of hydrogen-bond acceptors (Lipinski definition) is 4. The summed E-state index contributed by atoms with van der Waals surface area (Å²) in [6.45, 7) is 11.7. The van der Waals surface area contributed by atoms with Crippen LogP contribution in [0.2, 0.25) is 0 Å². The first-order chi connectivity index (χ1) is 7.87. The van der Waals surface area contributed by atoms with Crippen LogP contribution in [0.15, 0.2) is 0 Å². The first-order valence-corrected chi connectivity index (χ1v) is 7.66. The minimum Gasteiger partial charge on any atom is -0.370 e. The quantitative estimate of drug-likeness (QED) is 0.818. The predicted molar refractivity (Wildman–Crippen MR) is 74.5 cm³/mol. The Balaban J connectivity index is 2.14. The van der Waals surface area contributed by atoms with E-state index in [0.29, 0.717) is 6.10 Å². The molecule has 17 heavy (non-hydrogen) atoms. The van der Waals surface area contributed by atoms with Crippen molar-refractivity contribution in [2.24, 2.45) is 5.73 Å². The molecule has 0 aromatic carbocycles. The van der Waals surface area contributed by atoms with Gasteiger partial charge in [-0.25, -0.2) is 0 Å². The molecule has 2 N–H and O–H groups in total. The fraction of sp³-hybridized carbons (Fsp3) is 1.00. The summed E-state index contributed by atoms with van der Waals surface area (Å²) in [7, 11) is 0. The summed E-state index contributed by atoms with van der Waals surface area (Å²) < 4.78 is 5.99. The second-order valence-corrected chi connectivity index (χ2v) is 7.75. The van der Waals surface area contributed by atoms with Crippen molar-refractivity contribution in [2.45, 2.75) is 56.6 Å². The Bertz CT molecular complexity index is 285. The molecule has 0 aromatic rings. The van der Waals surface area contributed by atoms with Crippen LogP contribution in [0.25, 0.3) is 0 Å². The van der Waals surface area contributed by atoms with Gasteiger partial charge in [0.15, 0.2) is 0 Å². The molecule has 0 amide bonds. The summed E-state index contributed by atoms with van der Waals surface area (Å²) in [6, 6.07) is 0. The number of morpholine rings is 1. The van der Waals surface area contributed by atoms with Crippen LogP contribution in [0.4, 0.5) is 0 Å². The molecule has 0 spiro atoms. The van der Waals surface area contributed by atoms with E-state index in [0.717, 1.165) is 24.9 Å². The van der Waals surface area contributed by atoms with Gasteiger partial charge in [-0.1, -0.05) is 6.92 Å². The third-order valence-corrected chi connectivity index (χ3v) is 5.36. The van der Waals surface area contributed by atoms with Gasteiger partial charge in [-0.15, -0.1) is 0 Å². The van der Waals surface area contributed by atoms with Gasteiger partial charge < -0.3 is 10.5 Å². The summed E-state index contributed by atoms with van der Waals surface area (Å²) in [5.74, 6) is 1.17. The summed E-state index contributed by atoms with van der Waals surface area (Å²) in [5.41, 5.74) is 6.26. The van der Waals surface area contributed by atoms with E-state index in [2.05, 4.69) is 44.4 Å². The number of ether oxygens (including phenoxy) is 1. The van der Waals surface area contributed by atoms with Gasteiger partial charge in [-0.05, 0) is 27.2 Å². The molecule has 0 radical (unpaired) electrons. The van der Waals surface area contributed by atoms with E-state index >= 15 is 0 Å². The standard InChI is InChI=1S/C13H26N2OS/c1-10-6-15(8-12(3,4)16-10)13(7-14)5-11(2)17-9-13/h10-11H,5-9,14H2,1-4H3. The summed E-state index contributed by atoms with van der Waals surface area (Å²) in [4.78, 5) is 2.59. The van der Waals surface area contributed by atoms with E-state index in [1.54, 1.807) is 0 Å². The topological polar surface area (TPSA) is 38.5 Å². The van der Waals surface area contributed by atoms with Gasteiger partial charge in [-0.3, -0.25) is 4.90 Å². The van der Waals surface area contributed by atoms with Crippen molar-refractivity contribution in [1.29, 1.82) is 0 Å². The Kier molecular flexibility index (Phi) is 3.79. The molecule has 100 valence electrons. The molecule has 2 aliphatic rings. The monoisotopic (exact) mass is 258 g/mol. The lowest BCUT2D eigenvalue weighted by Gasteiger charge is -2.49. The average molecular weight is 258 g/mol. The molecular formula is C13H26N2OS. The van der Waals surface area contributed by atoms with Crippen molar-refractivity contribution >= 4 is 11.8 Å². The fourth-order valence-corrected chi connectivity index (χ4v) is 4.70. The number of thioether (sulfide) groups is 1. The summed E-state index contributed by atoms with van der Waals surface area (Å²) in [6.07, 6.45) is 1.53. The van der Waals surface area contributed by atoms with Crippen LogP contribution in [-0.4, -0.2) is 52.8 Å². The van der Waals surface area contributed by atoms with Gasteiger partial charge >= 0.3 is 0 Å². The maximum Gasteiger partial charge on any atom is 0.0757 e. The van der Waals surface area contributed by atoms with Crippen LogP contribution < -0.4 is 5.73 Å². The number of nitrogens with two attached hydrogens (primary N) is 1. The smallest absolute Gasteiger partial charge is 0.0757 e. The highest BCUT2D eigenvalue weighted by Gasteiger charge is 2.46.